The predicted octanol–water partition coefficient (Wildman–Crippen LogP) is 6.35. The topological polar surface area (TPSA) is 55.8 Å². The van der Waals surface area contributed by atoms with Gasteiger partial charge in [0.05, 0.1) is 6.54 Å². The van der Waals surface area contributed by atoms with Crippen LogP contribution in [-0.2, 0) is 31.2 Å². The largest absolute Gasteiger partial charge is 0.464 e. The minimum absolute atomic E-state index is 0.0460. The molecule has 0 aliphatic heterocycles. The molecule has 0 aliphatic rings. The molecule has 3 rings (SSSR count). The van der Waals surface area contributed by atoms with Crippen LogP contribution in [0, 0.1) is 13.8 Å². The van der Waals surface area contributed by atoms with Gasteiger partial charge in [-0.25, -0.2) is 0 Å². The summed E-state index contributed by atoms with van der Waals surface area (Å²) in [6, 6.07) is 26.5. The zero-order valence-electron chi connectivity index (χ0n) is 22.5. The highest BCUT2D eigenvalue weighted by atomic mass is 16.5. The zero-order valence-corrected chi connectivity index (χ0v) is 22.5. The van der Waals surface area contributed by atoms with Crippen molar-refractivity contribution in [3.05, 3.63) is 107 Å². The summed E-state index contributed by atoms with van der Waals surface area (Å²) >= 11 is 0. The monoisotopic (exact) mass is 501 g/mol. The number of aryl methyl sites for hydroxylation is 2. The molecule has 5 heteroatoms. The number of esters is 1. The highest BCUT2D eigenvalue weighted by Crippen LogP contribution is 2.33. The van der Waals surface area contributed by atoms with Crippen LogP contribution in [-0.4, -0.2) is 36.5 Å². The van der Waals surface area contributed by atoms with E-state index in [2.05, 4.69) is 63.2 Å². The lowest BCUT2D eigenvalue weighted by Gasteiger charge is -2.31. The van der Waals surface area contributed by atoms with E-state index in [0.29, 0.717) is 32.5 Å². The van der Waals surface area contributed by atoms with Crippen molar-refractivity contribution in [1.29, 1.82) is 0 Å². The first-order valence-corrected chi connectivity index (χ1v) is 13.1. The molecule has 0 fully saturated rings. The van der Waals surface area contributed by atoms with Crippen molar-refractivity contribution in [1.82, 2.24) is 4.90 Å². The summed E-state index contributed by atoms with van der Waals surface area (Å²) in [5.41, 5.74) is 4.94. The second-order valence-electron chi connectivity index (χ2n) is 9.60. The number of carbonyl (C=O) groups excluding carboxylic acids is 2. The lowest BCUT2D eigenvalue weighted by atomic mass is 9.88. The Kier molecular flexibility index (Phi) is 10.5. The number of carbonyl (C=O) groups is 2. The van der Waals surface area contributed by atoms with Crippen LogP contribution >= 0.6 is 0 Å². The van der Waals surface area contributed by atoms with Gasteiger partial charge in [-0.15, -0.1) is 0 Å². The van der Waals surface area contributed by atoms with Crippen LogP contribution in [0.3, 0.4) is 0 Å². The maximum Gasteiger partial charge on any atom is 0.305 e. The normalized spacial score (nSPS) is 11.2. The molecule has 0 aliphatic carbocycles. The second kappa shape index (κ2) is 13.8. The van der Waals surface area contributed by atoms with Crippen molar-refractivity contribution in [2.75, 3.05) is 19.8 Å². The molecule has 0 unspecified atom stereocenters. The minimum Gasteiger partial charge on any atom is -0.464 e. The third-order valence-corrected chi connectivity index (χ3v) is 6.50. The molecule has 0 saturated heterocycles. The van der Waals surface area contributed by atoms with E-state index in [1.54, 1.807) is 4.90 Å². The fourth-order valence-electron chi connectivity index (χ4n) is 4.58. The Labute approximate surface area is 221 Å². The van der Waals surface area contributed by atoms with E-state index < -0.39 is 5.60 Å². The van der Waals surface area contributed by atoms with Gasteiger partial charge in [-0.2, -0.15) is 0 Å². The highest BCUT2D eigenvalue weighted by molar-refractivity contribution is 5.76. The van der Waals surface area contributed by atoms with E-state index in [9.17, 15) is 9.59 Å². The molecular weight excluding hydrogens is 462 g/mol. The van der Waals surface area contributed by atoms with E-state index in [0.717, 1.165) is 16.7 Å². The Hall–Kier alpha value is -3.44. The molecule has 0 N–H and O–H groups in total. The molecule has 37 heavy (non-hydrogen) atoms. The third kappa shape index (κ3) is 8.29. The average Bonchev–Trinajstić information content (AvgIpc) is 2.90. The Morgan fingerprint density at radius 3 is 1.95 bits per heavy atom. The third-order valence-electron chi connectivity index (χ3n) is 6.50. The van der Waals surface area contributed by atoms with Crippen LogP contribution in [0.4, 0.5) is 0 Å². The summed E-state index contributed by atoms with van der Waals surface area (Å²) in [5, 5.41) is 0. The van der Waals surface area contributed by atoms with Gasteiger partial charge in [0.25, 0.3) is 0 Å². The standard InChI is InChI=1S/C32H39NO4/c1-5-30(34)33(24-27-22-25(2)21-26(3)23-27)18-20-36-31(35)17-12-19-37-32(4,28-13-8-6-9-14-28)29-15-10-7-11-16-29/h6-11,13-16,21-23H,5,12,17-20,24H2,1-4H3. The van der Waals surface area contributed by atoms with E-state index >= 15 is 0 Å². The summed E-state index contributed by atoms with van der Waals surface area (Å²) < 4.78 is 11.8. The molecule has 3 aromatic carbocycles. The van der Waals surface area contributed by atoms with Crippen molar-refractivity contribution in [3.8, 4) is 0 Å². The number of hydrogen-bond donors (Lipinski definition) is 0. The number of hydrogen-bond acceptors (Lipinski definition) is 4. The number of benzene rings is 3. The summed E-state index contributed by atoms with van der Waals surface area (Å²) in [4.78, 5) is 26.6. The lowest BCUT2D eigenvalue weighted by molar-refractivity contribution is -0.146. The van der Waals surface area contributed by atoms with Crippen LogP contribution in [0.5, 0.6) is 0 Å². The number of amides is 1. The van der Waals surface area contributed by atoms with Gasteiger partial charge >= 0.3 is 5.97 Å². The van der Waals surface area contributed by atoms with E-state index in [-0.39, 0.29) is 24.9 Å². The predicted molar refractivity (Wildman–Crippen MR) is 147 cm³/mol. The average molecular weight is 502 g/mol. The smallest absolute Gasteiger partial charge is 0.305 e. The number of rotatable bonds is 13. The van der Waals surface area contributed by atoms with Crippen molar-refractivity contribution in [2.24, 2.45) is 0 Å². The maximum absolute atomic E-state index is 12.5. The van der Waals surface area contributed by atoms with Crippen molar-refractivity contribution < 1.29 is 19.1 Å². The zero-order chi connectivity index (χ0) is 26.7. The summed E-state index contributed by atoms with van der Waals surface area (Å²) in [5.74, 6) is -0.232. The minimum atomic E-state index is -0.610. The van der Waals surface area contributed by atoms with Crippen molar-refractivity contribution in [2.45, 2.75) is 59.1 Å². The Balaban J connectivity index is 1.48. The molecule has 1 amide bonds. The molecule has 0 aromatic heterocycles. The van der Waals surface area contributed by atoms with Gasteiger partial charge in [-0.3, -0.25) is 9.59 Å². The van der Waals surface area contributed by atoms with E-state index in [1.165, 1.54) is 11.1 Å². The van der Waals surface area contributed by atoms with Crippen LogP contribution < -0.4 is 0 Å². The van der Waals surface area contributed by atoms with Gasteiger partial charge in [-0.05, 0) is 43.9 Å². The first-order valence-electron chi connectivity index (χ1n) is 13.1. The summed E-state index contributed by atoms with van der Waals surface area (Å²) in [7, 11) is 0. The van der Waals surface area contributed by atoms with Gasteiger partial charge in [0.2, 0.25) is 5.91 Å². The first-order chi connectivity index (χ1) is 17.8. The molecule has 0 bridgehead atoms. The van der Waals surface area contributed by atoms with Gasteiger partial charge in [0.15, 0.2) is 0 Å². The van der Waals surface area contributed by atoms with Crippen LogP contribution in [0.2, 0.25) is 0 Å². The van der Waals surface area contributed by atoms with Crippen LogP contribution in [0.25, 0.3) is 0 Å². The molecule has 0 atom stereocenters. The summed E-state index contributed by atoms with van der Waals surface area (Å²) in [6.07, 6.45) is 1.23. The van der Waals surface area contributed by atoms with Gasteiger partial charge in [0.1, 0.15) is 12.2 Å². The molecule has 0 radical (unpaired) electrons. The molecule has 3 aromatic rings. The Morgan fingerprint density at radius 2 is 1.41 bits per heavy atom. The number of nitrogens with zero attached hydrogens (tertiary/aromatic N) is 1. The quantitative estimate of drug-likeness (QED) is 0.202. The fourth-order valence-corrected chi connectivity index (χ4v) is 4.58. The highest BCUT2D eigenvalue weighted by Gasteiger charge is 2.29. The van der Waals surface area contributed by atoms with Gasteiger partial charge in [-0.1, -0.05) is 96.9 Å². The molecule has 0 heterocycles. The Bertz CT molecular complexity index is 1080. The van der Waals surface area contributed by atoms with E-state index in [4.69, 9.17) is 9.47 Å². The van der Waals surface area contributed by atoms with Gasteiger partial charge in [0, 0.05) is 26.0 Å². The fraction of sp³-hybridized carbons (Fsp3) is 0.375. The maximum atomic E-state index is 12.5. The van der Waals surface area contributed by atoms with Crippen molar-refractivity contribution in [3.63, 3.8) is 0 Å². The molecule has 0 spiro atoms. The Morgan fingerprint density at radius 1 is 0.838 bits per heavy atom. The molecule has 0 saturated carbocycles. The first kappa shape index (κ1) is 28.1. The lowest BCUT2D eigenvalue weighted by Crippen LogP contribution is -2.33. The molecular formula is C32H39NO4. The summed E-state index contributed by atoms with van der Waals surface area (Å²) in [6.45, 7) is 9.50. The van der Waals surface area contributed by atoms with Crippen LogP contribution in [0.15, 0.2) is 78.9 Å². The van der Waals surface area contributed by atoms with Crippen LogP contribution in [0.1, 0.15) is 60.9 Å². The van der Waals surface area contributed by atoms with Crippen molar-refractivity contribution >= 4 is 11.9 Å². The molecule has 5 nitrogen and oxygen atoms in total. The van der Waals surface area contributed by atoms with E-state index in [1.807, 2.05) is 43.3 Å². The SMILES string of the molecule is CCC(=O)N(CCOC(=O)CCCOC(C)(c1ccccc1)c1ccccc1)Cc1cc(C)cc(C)c1. The number of ether oxygens (including phenoxy) is 2. The van der Waals surface area contributed by atoms with Gasteiger partial charge < -0.3 is 14.4 Å². The second-order valence-corrected chi connectivity index (χ2v) is 9.60. The molecule has 196 valence electrons.